The number of nitrogens with one attached hydrogen (secondary N) is 2. The number of hydrogen-bond donors (Lipinski definition) is 2. The fraction of sp³-hybridized carbons (Fsp3) is 0.222. The van der Waals surface area contributed by atoms with Crippen LogP contribution in [0.4, 0.5) is 4.39 Å². The van der Waals surface area contributed by atoms with Crippen LogP contribution in [0, 0.1) is 5.82 Å². The number of amides is 1. The summed E-state index contributed by atoms with van der Waals surface area (Å²) in [6, 6.07) is 8.20. The molecule has 3 aromatic rings. The predicted octanol–water partition coefficient (Wildman–Crippen LogP) is 3.90. The molecule has 0 aliphatic rings. The maximum Gasteiger partial charge on any atom is 0.253 e. The molecule has 2 aromatic heterocycles. The lowest BCUT2D eigenvalue weighted by atomic mass is 10.1. The molecule has 3 rings (SSSR count). The standard InChI is InChI=1S/C18H18FN3O/c1-2-3-7-20-18(23)16-11-22-17-15(16)9-13(10-21-17)12-5-4-6-14(19)8-12/h4-6,8-11H,2-3,7H2,1H3,(H,20,23)(H,21,22). The molecule has 0 aliphatic carbocycles. The number of hydrogen-bond acceptors (Lipinski definition) is 2. The summed E-state index contributed by atoms with van der Waals surface area (Å²) in [5.41, 5.74) is 2.71. The maximum atomic E-state index is 13.4. The Hall–Kier alpha value is -2.69. The zero-order valence-electron chi connectivity index (χ0n) is 12.9. The highest BCUT2D eigenvalue weighted by Gasteiger charge is 2.13. The van der Waals surface area contributed by atoms with E-state index in [1.165, 1.54) is 12.1 Å². The van der Waals surface area contributed by atoms with Crippen LogP contribution in [0.5, 0.6) is 0 Å². The van der Waals surface area contributed by atoms with Crippen molar-refractivity contribution >= 4 is 16.9 Å². The Bertz CT molecular complexity index is 841. The van der Waals surface area contributed by atoms with Gasteiger partial charge in [-0.05, 0) is 30.2 Å². The Morgan fingerprint density at radius 1 is 1.30 bits per heavy atom. The third-order valence-corrected chi connectivity index (χ3v) is 3.75. The van der Waals surface area contributed by atoms with Gasteiger partial charge in [0.05, 0.1) is 5.56 Å². The van der Waals surface area contributed by atoms with Crippen molar-refractivity contribution in [2.24, 2.45) is 0 Å². The van der Waals surface area contributed by atoms with Crippen LogP contribution in [0.3, 0.4) is 0 Å². The first-order chi connectivity index (χ1) is 11.2. The summed E-state index contributed by atoms with van der Waals surface area (Å²) < 4.78 is 13.4. The summed E-state index contributed by atoms with van der Waals surface area (Å²) in [6.07, 6.45) is 5.31. The van der Waals surface area contributed by atoms with Gasteiger partial charge in [-0.25, -0.2) is 9.37 Å². The molecule has 0 fully saturated rings. The first kappa shape index (κ1) is 15.2. The van der Waals surface area contributed by atoms with E-state index in [-0.39, 0.29) is 11.7 Å². The van der Waals surface area contributed by atoms with Gasteiger partial charge in [-0.2, -0.15) is 0 Å². The van der Waals surface area contributed by atoms with Gasteiger partial charge < -0.3 is 10.3 Å². The second kappa shape index (κ2) is 6.60. The summed E-state index contributed by atoms with van der Waals surface area (Å²) in [5, 5.41) is 3.64. The van der Waals surface area contributed by atoms with Crippen LogP contribution in [-0.4, -0.2) is 22.4 Å². The summed E-state index contributed by atoms with van der Waals surface area (Å²) in [4.78, 5) is 19.6. The fourth-order valence-corrected chi connectivity index (χ4v) is 2.49. The highest BCUT2D eigenvalue weighted by molar-refractivity contribution is 6.06. The van der Waals surface area contributed by atoms with E-state index in [4.69, 9.17) is 0 Å². The Kier molecular flexibility index (Phi) is 4.37. The van der Waals surface area contributed by atoms with Gasteiger partial charge in [-0.1, -0.05) is 25.5 Å². The molecule has 0 radical (unpaired) electrons. The van der Waals surface area contributed by atoms with Crippen LogP contribution >= 0.6 is 0 Å². The van der Waals surface area contributed by atoms with Gasteiger partial charge >= 0.3 is 0 Å². The number of carbonyl (C=O) groups excluding carboxylic acids is 1. The van der Waals surface area contributed by atoms with Crippen molar-refractivity contribution < 1.29 is 9.18 Å². The number of nitrogens with zero attached hydrogens (tertiary/aromatic N) is 1. The number of aromatic amines is 1. The van der Waals surface area contributed by atoms with Crippen LogP contribution < -0.4 is 5.32 Å². The van der Waals surface area contributed by atoms with Gasteiger partial charge in [-0.15, -0.1) is 0 Å². The molecule has 0 aliphatic heterocycles. The van der Waals surface area contributed by atoms with Gasteiger partial charge in [0.15, 0.2) is 0 Å². The number of unbranched alkanes of at least 4 members (excludes halogenated alkanes) is 1. The zero-order valence-corrected chi connectivity index (χ0v) is 12.9. The molecule has 0 spiro atoms. The maximum absolute atomic E-state index is 13.4. The van der Waals surface area contributed by atoms with Crippen molar-refractivity contribution in [2.45, 2.75) is 19.8 Å². The van der Waals surface area contributed by atoms with Crippen LogP contribution in [0.2, 0.25) is 0 Å². The van der Waals surface area contributed by atoms with E-state index in [9.17, 15) is 9.18 Å². The summed E-state index contributed by atoms with van der Waals surface area (Å²) in [5.74, 6) is -0.419. The van der Waals surface area contributed by atoms with Crippen molar-refractivity contribution in [1.82, 2.24) is 15.3 Å². The lowest BCUT2D eigenvalue weighted by Crippen LogP contribution is -2.24. The molecule has 4 nitrogen and oxygen atoms in total. The molecular weight excluding hydrogens is 293 g/mol. The van der Waals surface area contributed by atoms with Crippen LogP contribution in [0.25, 0.3) is 22.2 Å². The number of pyridine rings is 1. The molecular formula is C18H18FN3O. The minimum atomic E-state index is -0.297. The number of H-pyrrole nitrogens is 1. The average Bonchev–Trinajstić information content (AvgIpc) is 2.98. The first-order valence-corrected chi connectivity index (χ1v) is 7.70. The quantitative estimate of drug-likeness (QED) is 0.702. The topological polar surface area (TPSA) is 57.8 Å². The predicted molar refractivity (Wildman–Crippen MR) is 88.7 cm³/mol. The number of fused-ring (bicyclic) bond motifs is 1. The number of rotatable bonds is 5. The monoisotopic (exact) mass is 311 g/mol. The molecule has 0 saturated heterocycles. The Labute approximate surface area is 133 Å². The van der Waals surface area contributed by atoms with Crippen molar-refractivity contribution in [2.75, 3.05) is 6.54 Å². The van der Waals surface area contributed by atoms with Gasteiger partial charge in [0, 0.05) is 29.9 Å². The van der Waals surface area contributed by atoms with Crippen molar-refractivity contribution in [3.8, 4) is 11.1 Å². The normalized spacial score (nSPS) is 10.9. The number of carbonyl (C=O) groups is 1. The molecule has 1 aromatic carbocycles. The van der Waals surface area contributed by atoms with Gasteiger partial charge in [0.1, 0.15) is 11.5 Å². The van der Waals surface area contributed by atoms with E-state index in [1.807, 2.05) is 12.1 Å². The van der Waals surface area contributed by atoms with Crippen LogP contribution in [-0.2, 0) is 0 Å². The number of benzene rings is 1. The highest BCUT2D eigenvalue weighted by Crippen LogP contribution is 2.25. The van der Waals surface area contributed by atoms with Crippen LogP contribution in [0.15, 0.2) is 42.7 Å². The third kappa shape index (κ3) is 3.23. The molecule has 23 heavy (non-hydrogen) atoms. The lowest BCUT2D eigenvalue weighted by molar-refractivity contribution is 0.0955. The van der Waals surface area contributed by atoms with E-state index >= 15 is 0 Å². The largest absolute Gasteiger partial charge is 0.352 e. The number of halogens is 1. The van der Waals surface area contributed by atoms with E-state index in [2.05, 4.69) is 22.2 Å². The molecule has 2 heterocycles. The molecule has 118 valence electrons. The van der Waals surface area contributed by atoms with Crippen molar-refractivity contribution in [3.05, 3.63) is 54.1 Å². The number of aromatic nitrogens is 2. The Morgan fingerprint density at radius 2 is 2.17 bits per heavy atom. The Morgan fingerprint density at radius 3 is 2.96 bits per heavy atom. The summed E-state index contributed by atoms with van der Waals surface area (Å²) in [7, 11) is 0. The van der Waals surface area contributed by atoms with E-state index in [0.717, 1.165) is 29.4 Å². The summed E-state index contributed by atoms with van der Waals surface area (Å²) in [6.45, 7) is 2.73. The lowest BCUT2D eigenvalue weighted by Gasteiger charge is -2.04. The molecule has 2 N–H and O–H groups in total. The molecule has 0 atom stereocenters. The minimum Gasteiger partial charge on any atom is -0.352 e. The molecule has 0 unspecified atom stereocenters. The average molecular weight is 311 g/mol. The molecule has 1 amide bonds. The van der Waals surface area contributed by atoms with Crippen molar-refractivity contribution in [1.29, 1.82) is 0 Å². The third-order valence-electron chi connectivity index (χ3n) is 3.75. The fourth-order valence-electron chi connectivity index (χ4n) is 2.49. The summed E-state index contributed by atoms with van der Waals surface area (Å²) >= 11 is 0. The Balaban J connectivity index is 1.95. The van der Waals surface area contributed by atoms with E-state index in [1.54, 1.807) is 18.5 Å². The van der Waals surface area contributed by atoms with E-state index < -0.39 is 0 Å². The van der Waals surface area contributed by atoms with E-state index in [0.29, 0.717) is 17.8 Å². The second-order valence-electron chi connectivity index (χ2n) is 5.44. The molecule has 0 saturated carbocycles. The first-order valence-electron chi connectivity index (χ1n) is 7.70. The van der Waals surface area contributed by atoms with Gasteiger partial charge in [-0.3, -0.25) is 4.79 Å². The van der Waals surface area contributed by atoms with Crippen LogP contribution in [0.1, 0.15) is 30.1 Å². The minimum absolute atomic E-state index is 0.122. The van der Waals surface area contributed by atoms with Gasteiger partial charge in [0.25, 0.3) is 5.91 Å². The second-order valence-corrected chi connectivity index (χ2v) is 5.44. The molecule has 5 heteroatoms. The smallest absolute Gasteiger partial charge is 0.253 e. The zero-order chi connectivity index (χ0) is 16.2. The SMILES string of the molecule is CCCCNC(=O)c1c[nH]c2ncc(-c3cccc(F)c3)cc12. The molecule has 0 bridgehead atoms. The van der Waals surface area contributed by atoms with Gasteiger partial charge in [0.2, 0.25) is 0 Å². The van der Waals surface area contributed by atoms with Crippen molar-refractivity contribution in [3.63, 3.8) is 0 Å². The highest BCUT2D eigenvalue weighted by atomic mass is 19.1.